The van der Waals surface area contributed by atoms with Gasteiger partial charge in [0.15, 0.2) is 0 Å². The number of benzene rings is 1. The topological polar surface area (TPSA) is 87.6 Å². The maximum absolute atomic E-state index is 13.8. The van der Waals surface area contributed by atoms with Crippen molar-refractivity contribution >= 4 is 22.4 Å². The van der Waals surface area contributed by atoms with Crippen molar-refractivity contribution in [2.24, 2.45) is 0 Å². The quantitative estimate of drug-likeness (QED) is 0.430. The number of likely N-dealkylation sites (N-methyl/N-ethyl adjacent to an activating group) is 1. The highest BCUT2D eigenvalue weighted by Crippen LogP contribution is 2.37. The van der Waals surface area contributed by atoms with Crippen LogP contribution in [0.2, 0.25) is 0 Å². The van der Waals surface area contributed by atoms with Gasteiger partial charge in [0.05, 0.1) is 30.8 Å². The number of halogens is 1. The van der Waals surface area contributed by atoms with Crippen molar-refractivity contribution < 1.29 is 9.13 Å². The molecule has 0 spiro atoms. The number of likely N-dealkylation sites (tertiary alicyclic amines) is 1. The van der Waals surface area contributed by atoms with Crippen LogP contribution in [0.3, 0.4) is 0 Å². The molecule has 42 heavy (non-hydrogen) atoms. The van der Waals surface area contributed by atoms with Gasteiger partial charge in [-0.05, 0) is 76.9 Å². The zero-order chi connectivity index (χ0) is 29.4. The van der Waals surface area contributed by atoms with Crippen molar-refractivity contribution in [2.45, 2.75) is 65.1 Å². The summed E-state index contributed by atoms with van der Waals surface area (Å²) in [6.45, 7) is 10.9. The van der Waals surface area contributed by atoms with Crippen molar-refractivity contribution in [1.29, 1.82) is 5.26 Å². The number of H-pyrrole nitrogens is 1. The molecule has 0 bridgehead atoms. The van der Waals surface area contributed by atoms with Crippen LogP contribution in [-0.4, -0.2) is 83.2 Å². The van der Waals surface area contributed by atoms with Crippen molar-refractivity contribution in [3.8, 4) is 12.1 Å². The number of fused-ring (bicyclic) bond motifs is 2. The van der Waals surface area contributed by atoms with Crippen molar-refractivity contribution in [2.75, 3.05) is 56.2 Å². The molecule has 2 atom stereocenters. The van der Waals surface area contributed by atoms with Gasteiger partial charge in [0, 0.05) is 66.8 Å². The van der Waals surface area contributed by atoms with E-state index in [-0.39, 0.29) is 11.9 Å². The molecule has 222 valence electrons. The maximum Gasteiger partial charge on any atom is 0.318 e. The Labute approximate surface area is 247 Å². The Morgan fingerprint density at radius 1 is 1.19 bits per heavy atom. The number of aromatic nitrogens is 3. The number of ether oxygens (including phenoxy) is 1. The number of hydrogen-bond donors (Lipinski definition) is 1. The summed E-state index contributed by atoms with van der Waals surface area (Å²) in [6.07, 6.45) is 6.96. The highest BCUT2D eigenvalue weighted by Gasteiger charge is 2.32. The van der Waals surface area contributed by atoms with Gasteiger partial charge in [0.2, 0.25) is 0 Å². The molecular formula is C32H41FN8O. The zero-order valence-electron chi connectivity index (χ0n) is 25.2. The van der Waals surface area contributed by atoms with E-state index in [9.17, 15) is 9.65 Å². The molecule has 0 radical (unpaired) electrons. The summed E-state index contributed by atoms with van der Waals surface area (Å²) in [6, 6.07) is 7.33. The normalized spacial score (nSPS) is 21.6. The lowest BCUT2D eigenvalue weighted by Gasteiger charge is -2.42. The summed E-state index contributed by atoms with van der Waals surface area (Å²) in [7, 11) is 2.15. The molecule has 5 heterocycles. The summed E-state index contributed by atoms with van der Waals surface area (Å²) in [5.74, 6) is 0.646. The molecule has 0 aliphatic carbocycles. The molecule has 2 aromatic heterocycles. The van der Waals surface area contributed by atoms with E-state index in [0.717, 1.165) is 48.5 Å². The largest absolute Gasteiger partial charge is 0.462 e. The smallest absolute Gasteiger partial charge is 0.318 e. The molecule has 2 fully saturated rings. The van der Waals surface area contributed by atoms with Crippen LogP contribution in [-0.2, 0) is 13.0 Å². The molecule has 3 aromatic rings. The molecule has 3 aliphatic rings. The first-order chi connectivity index (χ1) is 20.3. The van der Waals surface area contributed by atoms with Gasteiger partial charge in [-0.25, -0.2) is 4.39 Å². The fourth-order valence-electron chi connectivity index (χ4n) is 6.84. The number of aryl methyl sites for hydroxylation is 1. The van der Waals surface area contributed by atoms with Gasteiger partial charge in [0.25, 0.3) is 0 Å². The summed E-state index contributed by atoms with van der Waals surface area (Å²) < 4.78 is 20.1. The monoisotopic (exact) mass is 572 g/mol. The number of anilines is 2. The fourth-order valence-corrected chi connectivity index (χ4v) is 6.84. The highest BCUT2D eigenvalue weighted by atomic mass is 19.1. The van der Waals surface area contributed by atoms with Crippen LogP contribution in [0.4, 0.5) is 15.9 Å². The molecule has 1 N–H and O–H groups in total. The summed E-state index contributed by atoms with van der Waals surface area (Å²) in [4.78, 5) is 22.4. The molecule has 6 rings (SSSR count). The lowest BCUT2D eigenvalue weighted by molar-refractivity contribution is 0.187. The molecule has 0 saturated carbocycles. The Balaban J connectivity index is 1.34. The molecule has 10 heteroatoms. The first kappa shape index (κ1) is 28.3. The van der Waals surface area contributed by atoms with Gasteiger partial charge in [0.1, 0.15) is 18.3 Å². The third-order valence-corrected chi connectivity index (χ3v) is 9.26. The molecule has 2 saturated heterocycles. The zero-order valence-corrected chi connectivity index (χ0v) is 25.2. The minimum Gasteiger partial charge on any atom is -0.462 e. The minimum atomic E-state index is -0.249. The second-order valence-electron chi connectivity index (χ2n) is 12.0. The van der Waals surface area contributed by atoms with Crippen LogP contribution in [0.15, 0.2) is 30.4 Å². The van der Waals surface area contributed by atoms with Gasteiger partial charge in [-0.15, -0.1) is 0 Å². The van der Waals surface area contributed by atoms with Gasteiger partial charge in [-0.3, -0.25) is 0 Å². The molecule has 1 aromatic carbocycles. The van der Waals surface area contributed by atoms with E-state index in [0.29, 0.717) is 51.3 Å². The Morgan fingerprint density at radius 2 is 2.05 bits per heavy atom. The third-order valence-electron chi connectivity index (χ3n) is 9.26. The van der Waals surface area contributed by atoms with Crippen molar-refractivity contribution in [1.82, 2.24) is 24.8 Å². The number of aromatic amines is 1. The molecule has 9 nitrogen and oxygen atoms in total. The number of piperazine rings is 1. The maximum atomic E-state index is 13.8. The van der Waals surface area contributed by atoms with Gasteiger partial charge in [-0.1, -0.05) is 0 Å². The van der Waals surface area contributed by atoms with Gasteiger partial charge >= 0.3 is 6.01 Å². The number of nitriles is 1. The van der Waals surface area contributed by atoms with E-state index in [2.05, 4.69) is 58.8 Å². The van der Waals surface area contributed by atoms with Crippen LogP contribution in [0.25, 0.3) is 10.9 Å². The van der Waals surface area contributed by atoms with Crippen molar-refractivity contribution in [3.05, 3.63) is 52.7 Å². The van der Waals surface area contributed by atoms with E-state index in [1.807, 2.05) is 11.1 Å². The predicted octanol–water partition coefficient (Wildman–Crippen LogP) is 4.85. The summed E-state index contributed by atoms with van der Waals surface area (Å²) in [5, 5.41) is 10.8. The van der Waals surface area contributed by atoms with E-state index in [1.165, 1.54) is 41.7 Å². The minimum absolute atomic E-state index is 0.117. The van der Waals surface area contributed by atoms with Gasteiger partial charge in [-0.2, -0.15) is 15.2 Å². The Kier molecular flexibility index (Phi) is 7.95. The SMILES string of the molecule is CC(F)=CN1CCN(c2nc(OC[C@@H]3CCCN3C)nc3c2CCN(c2c(C)c(C)cc4[nH]ccc24)C3)C[C@@H]1CC#N. The third kappa shape index (κ3) is 5.50. The lowest BCUT2D eigenvalue weighted by atomic mass is 9.99. The van der Waals surface area contributed by atoms with E-state index < -0.39 is 0 Å². The Hall–Kier alpha value is -3.84. The Morgan fingerprint density at radius 3 is 2.81 bits per heavy atom. The van der Waals surface area contributed by atoms with Crippen LogP contribution in [0, 0.1) is 25.2 Å². The highest BCUT2D eigenvalue weighted by molar-refractivity contribution is 5.95. The van der Waals surface area contributed by atoms with Crippen LogP contribution in [0.5, 0.6) is 6.01 Å². The second kappa shape index (κ2) is 11.8. The number of allylic oxidation sites excluding steroid dienone is 1. The molecular weight excluding hydrogens is 531 g/mol. The summed E-state index contributed by atoms with van der Waals surface area (Å²) >= 11 is 0. The van der Waals surface area contributed by atoms with E-state index in [1.54, 1.807) is 0 Å². The average Bonchev–Trinajstić information content (AvgIpc) is 3.60. The number of rotatable bonds is 7. The lowest BCUT2D eigenvalue weighted by Crippen LogP contribution is -2.51. The molecule has 0 unspecified atom stereocenters. The number of nitrogens with zero attached hydrogens (tertiary/aromatic N) is 7. The number of nitrogens with one attached hydrogen (secondary N) is 1. The first-order valence-electron chi connectivity index (χ1n) is 15.1. The standard InChI is InChI=1S/C32H41FN8O/c1-21-16-28-26(8-11-35-28)30(23(21)3)40-13-9-27-29(19-40)36-32(42-20-25-6-5-12-38(25)4)37-31(27)41-15-14-39(17-22(2)33)24(18-41)7-10-34/h8,11,16-17,24-25,35H,5-7,9,12-15,18-20H2,1-4H3/t24-,25-/m0/s1. The molecule has 3 aliphatic heterocycles. The predicted molar refractivity (Wildman–Crippen MR) is 164 cm³/mol. The van der Waals surface area contributed by atoms with Crippen LogP contribution < -0.4 is 14.5 Å². The summed E-state index contributed by atoms with van der Waals surface area (Å²) in [5.41, 5.74) is 7.08. The first-order valence-corrected chi connectivity index (χ1v) is 15.1. The van der Waals surface area contributed by atoms with Crippen molar-refractivity contribution in [3.63, 3.8) is 0 Å². The average molecular weight is 573 g/mol. The van der Waals surface area contributed by atoms with Crippen LogP contribution >= 0.6 is 0 Å². The second-order valence-corrected chi connectivity index (χ2v) is 12.0. The number of hydrogen-bond acceptors (Lipinski definition) is 8. The van der Waals surface area contributed by atoms with E-state index >= 15 is 0 Å². The fraction of sp³-hybridized carbons (Fsp3) is 0.531. The van der Waals surface area contributed by atoms with E-state index in [4.69, 9.17) is 14.7 Å². The van der Waals surface area contributed by atoms with Crippen LogP contribution in [0.1, 0.15) is 48.6 Å². The molecule has 0 amide bonds. The Bertz CT molecular complexity index is 1520. The van der Waals surface area contributed by atoms with Gasteiger partial charge < -0.3 is 29.3 Å².